The van der Waals surface area contributed by atoms with Crippen LogP contribution >= 0.6 is 0 Å². The molecule has 1 aliphatic rings. The lowest BCUT2D eigenvalue weighted by Crippen LogP contribution is -2.59. The number of piperazine rings is 1. The van der Waals surface area contributed by atoms with Gasteiger partial charge >= 0.3 is 0 Å². The number of hydrogen-bond acceptors (Lipinski definition) is 5. The molecule has 1 fully saturated rings. The van der Waals surface area contributed by atoms with Crippen molar-refractivity contribution in [3.05, 3.63) is 12.4 Å². The molecule has 0 spiro atoms. The summed E-state index contributed by atoms with van der Waals surface area (Å²) in [4.78, 5) is 27.4. The number of rotatable bonds is 3. The molecule has 0 saturated carbocycles. The summed E-state index contributed by atoms with van der Waals surface area (Å²) in [7, 11) is 3.38. The predicted octanol–water partition coefficient (Wildman–Crippen LogP) is -1.83. The second kappa shape index (κ2) is 5.79. The van der Waals surface area contributed by atoms with E-state index in [1.54, 1.807) is 25.2 Å². The quantitative estimate of drug-likeness (QED) is 0.695. The Balaban J connectivity index is 2.06. The first-order valence-electron chi connectivity index (χ1n) is 6.15. The van der Waals surface area contributed by atoms with Crippen LogP contribution in [0.4, 0.5) is 0 Å². The molecule has 1 aromatic heterocycles. The molecule has 2 amide bonds. The van der Waals surface area contributed by atoms with Crippen LogP contribution < -0.4 is 5.32 Å². The Morgan fingerprint density at radius 2 is 2.26 bits per heavy atom. The zero-order valence-corrected chi connectivity index (χ0v) is 11.1. The number of aromatic nitrogens is 3. The summed E-state index contributed by atoms with van der Waals surface area (Å²) in [6.45, 7) is 1.81. The molecule has 8 heteroatoms. The lowest BCUT2D eigenvalue weighted by atomic mass is 10.1. The molecule has 2 rings (SSSR count). The normalized spacial score (nSPS) is 19.3. The van der Waals surface area contributed by atoms with E-state index in [-0.39, 0.29) is 18.4 Å². The zero-order chi connectivity index (χ0) is 13.8. The summed E-state index contributed by atoms with van der Waals surface area (Å²) in [5.41, 5.74) is 0. The van der Waals surface area contributed by atoms with Crippen molar-refractivity contribution in [2.75, 3.05) is 33.7 Å². The Morgan fingerprint density at radius 1 is 1.47 bits per heavy atom. The zero-order valence-electron chi connectivity index (χ0n) is 11.1. The second-order valence-corrected chi connectivity index (χ2v) is 4.64. The minimum absolute atomic E-state index is 0.0702. The van der Waals surface area contributed by atoms with Gasteiger partial charge in [0.2, 0.25) is 11.8 Å². The molecule has 2 heterocycles. The van der Waals surface area contributed by atoms with E-state index in [0.29, 0.717) is 19.6 Å². The van der Waals surface area contributed by atoms with Gasteiger partial charge in [-0.05, 0) is 0 Å². The average molecular weight is 266 g/mol. The molecule has 0 radical (unpaired) electrons. The monoisotopic (exact) mass is 266 g/mol. The molecule has 1 atom stereocenters. The minimum Gasteiger partial charge on any atom is -0.347 e. The van der Waals surface area contributed by atoms with Crippen LogP contribution in [-0.4, -0.2) is 76.4 Å². The van der Waals surface area contributed by atoms with E-state index in [9.17, 15) is 9.59 Å². The van der Waals surface area contributed by atoms with E-state index in [1.807, 2.05) is 0 Å². The van der Waals surface area contributed by atoms with Crippen molar-refractivity contribution in [3.8, 4) is 0 Å². The number of nitrogens with zero attached hydrogens (tertiary/aromatic N) is 5. The Hall–Kier alpha value is -1.96. The van der Waals surface area contributed by atoms with Gasteiger partial charge in [0.1, 0.15) is 12.6 Å². The molecule has 1 unspecified atom stereocenters. The summed E-state index contributed by atoms with van der Waals surface area (Å²) in [5, 5.41) is 10.6. The van der Waals surface area contributed by atoms with Crippen molar-refractivity contribution in [1.82, 2.24) is 30.1 Å². The summed E-state index contributed by atoms with van der Waals surface area (Å²) in [6, 6.07) is -0.445. The lowest BCUT2D eigenvalue weighted by molar-refractivity contribution is -0.145. The molecule has 0 bridgehead atoms. The minimum atomic E-state index is -0.445. The average Bonchev–Trinajstić information content (AvgIpc) is 2.90. The van der Waals surface area contributed by atoms with Crippen LogP contribution in [0.1, 0.15) is 0 Å². The summed E-state index contributed by atoms with van der Waals surface area (Å²) < 4.78 is 1.46. The van der Waals surface area contributed by atoms with Crippen molar-refractivity contribution in [1.29, 1.82) is 0 Å². The highest BCUT2D eigenvalue weighted by molar-refractivity contribution is 5.87. The molecule has 1 saturated heterocycles. The summed E-state index contributed by atoms with van der Waals surface area (Å²) >= 11 is 0. The third kappa shape index (κ3) is 3.08. The SMILES string of the molecule is CN(C)C(=O)C1CNCCN1C(=O)Cn1ccnn1. The first-order chi connectivity index (χ1) is 9.09. The van der Waals surface area contributed by atoms with Crippen LogP contribution in [0.3, 0.4) is 0 Å². The number of carbonyl (C=O) groups excluding carboxylic acids is 2. The van der Waals surface area contributed by atoms with Crippen LogP contribution in [0, 0.1) is 0 Å². The fraction of sp³-hybridized carbons (Fsp3) is 0.636. The van der Waals surface area contributed by atoms with Crippen molar-refractivity contribution in [3.63, 3.8) is 0 Å². The van der Waals surface area contributed by atoms with Gasteiger partial charge in [-0.2, -0.15) is 0 Å². The van der Waals surface area contributed by atoms with Crippen molar-refractivity contribution in [2.24, 2.45) is 0 Å². The Labute approximate surface area is 111 Å². The molecule has 0 aliphatic carbocycles. The van der Waals surface area contributed by atoms with Gasteiger partial charge in [-0.25, -0.2) is 4.68 Å². The second-order valence-electron chi connectivity index (χ2n) is 4.64. The fourth-order valence-corrected chi connectivity index (χ4v) is 2.07. The fourth-order valence-electron chi connectivity index (χ4n) is 2.07. The Kier molecular flexibility index (Phi) is 4.10. The van der Waals surface area contributed by atoms with Crippen LogP contribution in [0.25, 0.3) is 0 Å². The van der Waals surface area contributed by atoms with Gasteiger partial charge in [-0.15, -0.1) is 5.10 Å². The van der Waals surface area contributed by atoms with Gasteiger partial charge in [0, 0.05) is 39.9 Å². The maximum Gasteiger partial charge on any atom is 0.246 e. The third-order valence-corrected chi connectivity index (χ3v) is 3.06. The van der Waals surface area contributed by atoms with E-state index in [4.69, 9.17) is 0 Å². The lowest BCUT2D eigenvalue weighted by Gasteiger charge is -2.36. The predicted molar refractivity (Wildman–Crippen MR) is 67.1 cm³/mol. The smallest absolute Gasteiger partial charge is 0.246 e. The van der Waals surface area contributed by atoms with Crippen molar-refractivity contribution < 1.29 is 9.59 Å². The van der Waals surface area contributed by atoms with Gasteiger partial charge in [-0.1, -0.05) is 5.21 Å². The van der Waals surface area contributed by atoms with Crippen LogP contribution in [0.15, 0.2) is 12.4 Å². The number of hydrogen-bond donors (Lipinski definition) is 1. The Bertz CT molecular complexity index is 444. The molecule has 19 heavy (non-hydrogen) atoms. The topological polar surface area (TPSA) is 83.4 Å². The number of nitrogens with one attached hydrogen (secondary N) is 1. The van der Waals surface area contributed by atoms with Gasteiger partial charge in [0.25, 0.3) is 0 Å². The highest BCUT2D eigenvalue weighted by atomic mass is 16.2. The third-order valence-electron chi connectivity index (χ3n) is 3.06. The van der Waals surface area contributed by atoms with Crippen molar-refractivity contribution >= 4 is 11.8 Å². The first kappa shape index (κ1) is 13.5. The van der Waals surface area contributed by atoms with E-state index in [0.717, 1.165) is 0 Å². The van der Waals surface area contributed by atoms with E-state index < -0.39 is 6.04 Å². The van der Waals surface area contributed by atoms with Gasteiger partial charge in [-0.3, -0.25) is 9.59 Å². The maximum absolute atomic E-state index is 12.2. The van der Waals surface area contributed by atoms with E-state index in [2.05, 4.69) is 15.6 Å². The van der Waals surface area contributed by atoms with Crippen LogP contribution in [0.5, 0.6) is 0 Å². The largest absolute Gasteiger partial charge is 0.347 e. The summed E-state index contributed by atoms with van der Waals surface area (Å²) in [5.74, 6) is -0.189. The molecule has 1 N–H and O–H groups in total. The van der Waals surface area contributed by atoms with Crippen LogP contribution in [-0.2, 0) is 16.1 Å². The molecule has 8 nitrogen and oxygen atoms in total. The standard InChI is InChI=1S/C11H18N6O2/c1-15(2)11(19)9-7-12-3-6-17(9)10(18)8-16-5-4-13-14-16/h4-5,9,12H,3,6-8H2,1-2H3. The molecule has 1 aromatic rings. The maximum atomic E-state index is 12.2. The highest BCUT2D eigenvalue weighted by Gasteiger charge is 2.32. The Morgan fingerprint density at radius 3 is 2.89 bits per heavy atom. The highest BCUT2D eigenvalue weighted by Crippen LogP contribution is 2.07. The number of likely N-dealkylation sites (N-methyl/N-ethyl adjacent to an activating group) is 1. The van der Waals surface area contributed by atoms with Crippen molar-refractivity contribution in [2.45, 2.75) is 12.6 Å². The van der Waals surface area contributed by atoms with Gasteiger partial charge in [0.05, 0.1) is 6.20 Å². The van der Waals surface area contributed by atoms with E-state index >= 15 is 0 Å². The van der Waals surface area contributed by atoms with E-state index in [1.165, 1.54) is 15.8 Å². The molecular formula is C11H18N6O2. The van der Waals surface area contributed by atoms with Gasteiger partial charge < -0.3 is 15.1 Å². The van der Waals surface area contributed by atoms with Crippen LogP contribution in [0.2, 0.25) is 0 Å². The first-order valence-corrected chi connectivity index (χ1v) is 6.15. The molecule has 0 aromatic carbocycles. The number of carbonyl (C=O) groups is 2. The number of amides is 2. The molecule has 104 valence electrons. The summed E-state index contributed by atoms with van der Waals surface area (Å²) in [6.07, 6.45) is 3.15. The molecule has 1 aliphatic heterocycles. The molecular weight excluding hydrogens is 248 g/mol. The van der Waals surface area contributed by atoms with Gasteiger partial charge in [0.15, 0.2) is 0 Å².